The third-order valence-corrected chi connectivity index (χ3v) is 11.2. The Morgan fingerprint density at radius 2 is 1.86 bits per heavy atom. The van der Waals surface area contributed by atoms with E-state index in [0.717, 1.165) is 97.1 Å². The average molecular weight is 659 g/mol. The number of carbonyl (C=O) groups is 1. The normalized spacial score (nSPS) is 23.6. The first-order valence-electron chi connectivity index (χ1n) is 17.6. The SMILES string of the molecule is C/N=C\c1nccnc1N1CC[C@H](Cn2c(-c3cc4cccnc4n3CC3CC3)nc3cc(C(=O)N4CC5CCC4[C@@H]5N)cc(OC)c32)C1. The molecule has 4 fully saturated rings. The molecule has 2 saturated carbocycles. The molecule has 5 aromatic rings. The van der Waals surface area contributed by atoms with Gasteiger partial charge in [-0.2, -0.15) is 0 Å². The topological polar surface area (TPSA) is 133 Å². The van der Waals surface area contributed by atoms with E-state index in [2.05, 4.69) is 41.1 Å². The predicted octanol–water partition coefficient (Wildman–Crippen LogP) is 4.40. The lowest BCUT2D eigenvalue weighted by Gasteiger charge is -2.27. The summed E-state index contributed by atoms with van der Waals surface area (Å²) in [6, 6.07) is 10.4. The van der Waals surface area contributed by atoms with Gasteiger partial charge in [-0.3, -0.25) is 9.79 Å². The second-order valence-electron chi connectivity index (χ2n) is 14.3. The fourth-order valence-corrected chi connectivity index (χ4v) is 8.58. The molecule has 2 unspecified atom stereocenters. The Balaban J connectivity index is 1.15. The number of aliphatic imine (C=N–C) groups is 1. The Kier molecular flexibility index (Phi) is 7.37. The average Bonchev–Trinajstić information content (AvgIpc) is 3.43. The van der Waals surface area contributed by atoms with Gasteiger partial charge in [0, 0.05) is 81.4 Å². The number of piperidine rings is 1. The van der Waals surface area contributed by atoms with Gasteiger partial charge in [0.15, 0.2) is 11.6 Å². The number of anilines is 1. The van der Waals surface area contributed by atoms with Crippen molar-refractivity contribution in [1.82, 2.24) is 34.0 Å². The summed E-state index contributed by atoms with van der Waals surface area (Å²) in [5.41, 5.74) is 11.6. The molecule has 4 aromatic heterocycles. The lowest BCUT2D eigenvalue weighted by Crippen LogP contribution is -2.41. The van der Waals surface area contributed by atoms with Crippen LogP contribution in [0, 0.1) is 17.8 Å². The largest absolute Gasteiger partial charge is 0.494 e. The van der Waals surface area contributed by atoms with Crippen LogP contribution in [0.15, 0.2) is 53.9 Å². The fraction of sp³-hybridized carbons (Fsp3) is 0.459. The van der Waals surface area contributed by atoms with Crippen molar-refractivity contribution < 1.29 is 9.53 Å². The van der Waals surface area contributed by atoms with Crippen LogP contribution < -0.4 is 15.4 Å². The third-order valence-electron chi connectivity index (χ3n) is 11.2. The van der Waals surface area contributed by atoms with Gasteiger partial charge in [0.1, 0.15) is 22.6 Å². The molecule has 12 heteroatoms. The number of aromatic nitrogens is 6. The smallest absolute Gasteiger partial charge is 0.254 e. The quantitative estimate of drug-likeness (QED) is 0.231. The molecule has 2 N–H and O–H groups in total. The second-order valence-corrected chi connectivity index (χ2v) is 14.3. The summed E-state index contributed by atoms with van der Waals surface area (Å²) in [4.78, 5) is 41.9. The minimum Gasteiger partial charge on any atom is -0.494 e. The molecule has 4 aliphatic rings. The van der Waals surface area contributed by atoms with E-state index in [4.69, 9.17) is 20.4 Å². The van der Waals surface area contributed by atoms with E-state index in [9.17, 15) is 4.79 Å². The standard InChI is InChI=1S/C37H42N10O2/c1-39-17-28-35(42-12-11-40-28)44-13-9-23(18-44)20-47-33-27(14-26(16-31(33)49-2)37(48)46-21-25-7-8-29(46)32(25)38)43-36(47)30-15-24-4-3-10-41-34(24)45(30)19-22-5-6-22/h3-4,10-12,14-17,22-23,25,29,32H,5-9,13,18-21,38H2,1-2H3/b39-17-/t23-,25?,29?,32+/m0/s1. The highest BCUT2D eigenvalue weighted by Gasteiger charge is 2.47. The van der Waals surface area contributed by atoms with Crippen LogP contribution in [0.3, 0.4) is 0 Å². The molecular formula is C37H42N10O2. The Hall–Kier alpha value is -4.84. The van der Waals surface area contributed by atoms with Crippen LogP contribution >= 0.6 is 0 Å². The maximum Gasteiger partial charge on any atom is 0.254 e. The molecule has 2 aliphatic heterocycles. The number of nitrogens with two attached hydrogens (primary N) is 1. The van der Waals surface area contributed by atoms with Crippen LogP contribution in [0.25, 0.3) is 33.6 Å². The molecule has 2 saturated heterocycles. The third kappa shape index (κ3) is 5.15. The number of imidazole rings is 1. The second kappa shape index (κ2) is 11.9. The summed E-state index contributed by atoms with van der Waals surface area (Å²) in [6.45, 7) is 4.05. The zero-order valence-electron chi connectivity index (χ0n) is 28.1. The van der Waals surface area contributed by atoms with Crippen molar-refractivity contribution in [2.24, 2.45) is 28.5 Å². The van der Waals surface area contributed by atoms with Crippen molar-refractivity contribution in [3.05, 3.63) is 60.2 Å². The molecular weight excluding hydrogens is 616 g/mol. The van der Waals surface area contributed by atoms with Crippen molar-refractivity contribution in [1.29, 1.82) is 0 Å². The van der Waals surface area contributed by atoms with Gasteiger partial charge in [0.2, 0.25) is 0 Å². The van der Waals surface area contributed by atoms with Crippen LogP contribution in [-0.4, -0.2) is 92.0 Å². The van der Waals surface area contributed by atoms with Crippen LogP contribution in [0.1, 0.15) is 48.2 Å². The molecule has 9 rings (SSSR count). The van der Waals surface area contributed by atoms with Crippen LogP contribution in [0.5, 0.6) is 5.75 Å². The zero-order chi connectivity index (χ0) is 33.2. The highest BCUT2D eigenvalue weighted by atomic mass is 16.5. The monoisotopic (exact) mass is 658 g/mol. The summed E-state index contributed by atoms with van der Waals surface area (Å²) in [5, 5.41) is 1.10. The van der Waals surface area contributed by atoms with Crippen LogP contribution in [0.4, 0.5) is 5.82 Å². The zero-order valence-corrected chi connectivity index (χ0v) is 28.1. The number of hydrogen-bond acceptors (Lipinski definition) is 9. The number of ether oxygens (including phenoxy) is 1. The van der Waals surface area contributed by atoms with E-state index in [0.29, 0.717) is 29.1 Å². The van der Waals surface area contributed by atoms with Gasteiger partial charge in [-0.15, -0.1) is 0 Å². The number of carbonyl (C=O) groups excluding carboxylic acids is 1. The molecule has 1 amide bonds. The molecule has 6 heterocycles. The van der Waals surface area contributed by atoms with Gasteiger partial charge in [-0.05, 0) is 80.2 Å². The first-order valence-corrected chi connectivity index (χ1v) is 17.6. The van der Waals surface area contributed by atoms with Gasteiger partial charge >= 0.3 is 0 Å². The van der Waals surface area contributed by atoms with Crippen molar-refractivity contribution in [2.75, 3.05) is 38.7 Å². The minimum atomic E-state index is 0.00725. The maximum atomic E-state index is 14.0. The predicted molar refractivity (Wildman–Crippen MR) is 189 cm³/mol. The fourth-order valence-electron chi connectivity index (χ4n) is 8.58. The van der Waals surface area contributed by atoms with Crippen LogP contribution in [0.2, 0.25) is 0 Å². The number of rotatable bonds is 9. The van der Waals surface area contributed by atoms with E-state index in [1.165, 1.54) is 12.8 Å². The molecule has 252 valence electrons. The van der Waals surface area contributed by atoms with E-state index in [1.54, 1.807) is 32.8 Å². The Labute approximate surface area is 285 Å². The Morgan fingerprint density at radius 3 is 2.63 bits per heavy atom. The van der Waals surface area contributed by atoms with Gasteiger partial charge in [-0.1, -0.05) is 0 Å². The van der Waals surface area contributed by atoms with Gasteiger partial charge in [0.05, 0.1) is 24.5 Å². The number of nitrogens with zero attached hydrogens (tertiary/aromatic N) is 9. The Bertz CT molecular complexity index is 2100. The van der Waals surface area contributed by atoms with E-state index in [-0.39, 0.29) is 18.0 Å². The summed E-state index contributed by atoms with van der Waals surface area (Å²) in [7, 11) is 3.44. The summed E-state index contributed by atoms with van der Waals surface area (Å²) in [5.74, 6) is 3.73. The number of likely N-dealkylation sites (tertiary alicyclic amines) is 1. The number of amides is 1. The highest BCUT2D eigenvalue weighted by molar-refractivity contribution is 6.00. The van der Waals surface area contributed by atoms with Gasteiger partial charge in [-0.25, -0.2) is 19.9 Å². The van der Waals surface area contributed by atoms with Crippen molar-refractivity contribution in [2.45, 2.75) is 57.3 Å². The number of hydrogen-bond donors (Lipinski definition) is 1. The van der Waals surface area contributed by atoms with E-state index < -0.39 is 0 Å². The molecule has 0 spiro atoms. The molecule has 49 heavy (non-hydrogen) atoms. The highest BCUT2D eigenvalue weighted by Crippen LogP contribution is 2.41. The van der Waals surface area contributed by atoms with Crippen molar-refractivity contribution in [3.8, 4) is 17.3 Å². The molecule has 1 aromatic carbocycles. The molecule has 12 nitrogen and oxygen atoms in total. The van der Waals surface area contributed by atoms with E-state index >= 15 is 0 Å². The minimum absolute atomic E-state index is 0.00725. The summed E-state index contributed by atoms with van der Waals surface area (Å²) >= 11 is 0. The van der Waals surface area contributed by atoms with Crippen LogP contribution in [-0.2, 0) is 13.1 Å². The molecule has 2 bridgehead atoms. The van der Waals surface area contributed by atoms with Crippen molar-refractivity contribution >= 4 is 40.0 Å². The number of methoxy groups -OCH3 is 1. The lowest BCUT2D eigenvalue weighted by atomic mass is 10.1. The van der Waals surface area contributed by atoms with E-state index in [1.807, 2.05) is 29.3 Å². The number of benzene rings is 1. The van der Waals surface area contributed by atoms with Crippen molar-refractivity contribution in [3.63, 3.8) is 0 Å². The number of fused-ring (bicyclic) bond motifs is 4. The molecule has 2 aliphatic carbocycles. The Morgan fingerprint density at radius 1 is 1.00 bits per heavy atom. The first kappa shape index (κ1) is 30.2. The lowest BCUT2D eigenvalue weighted by molar-refractivity contribution is 0.0700. The number of pyridine rings is 1. The maximum absolute atomic E-state index is 14.0. The summed E-state index contributed by atoms with van der Waals surface area (Å²) < 4.78 is 10.8. The molecule has 4 atom stereocenters. The molecule has 0 radical (unpaired) electrons. The van der Waals surface area contributed by atoms with Gasteiger partial charge in [0.25, 0.3) is 5.91 Å². The van der Waals surface area contributed by atoms with Gasteiger partial charge < -0.3 is 29.4 Å². The summed E-state index contributed by atoms with van der Waals surface area (Å²) in [6.07, 6.45) is 12.6. The first-order chi connectivity index (χ1) is 24.0.